The lowest BCUT2D eigenvalue weighted by Gasteiger charge is -2.14. The number of hydrogen-bond donors (Lipinski definition) is 1. The predicted molar refractivity (Wildman–Crippen MR) is 95.7 cm³/mol. The summed E-state index contributed by atoms with van der Waals surface area (Å²) in [5.41, 5.74) is 0.816. The molecule has 2 aromatic carbocycles. The Morgan fingerprint density at radius 1 is 1.18 bits per heavy atom. The zero-order valence-electron chi connectivity index (χ0n) is 14.6. The van der Waals surface area contributed by atoms with Crippen molar-refractivity contribution < 1.29 is 32.2 Å². The molecule has 0 saturated heterocycles. The van der Waals surface area contributed by atoms with Crippen molar-refractivity contribution in [1.29, 1.82) is 0 Å². The minimum Gasteiger partial charge on any atom is -0.489 e. The summed E-state index contributed by atoms with van der Waals surface area (Å²) in [7, 11) is 0. The molecule has 3 rings (SSSR count). The summed E-state index contributed by atoms with van der Waals surface area (Å²) in [6.45, 7) is 0.865. The summed E-state index contributed by atoms with van der Waals surface area (Å²) >= 11 is 6.20. The van der Waals surface area contributed by atoms with Gasteiger partial charge in [-0.1, -0.05) is 29.8 Å². The van der Waals surface area contributed by atoms with Gasteiger partial charge in [0.25, 0.3) is 0 Å². The van der Waals surface area contributed by atoms with Crippen LogP contribution in [0.1, 0.15) is 17.5 Å². The molecule has 0 spiro atoms. The van der Waals surface area contributed by atoms with Crippen LogP contribution in [0.15, 0.2) is 36.4 Å². The van der Waals surface area contributed by atoms with Crippen LogP contribution in [0.4, 0.5) is 13.2 Å². The Labute approximate surface area is 164 Å². The van der Waals surface area contributed by atoms with E-state index in [0.29, 0.717) is 35.3 Å². The van der Waals surface area contributed by atoms with Crippen LogP contribution in [0, 0.1) is 0 Å². The number of amides is 1. The Morgan fingerprint density at radius 3 is 2.71 bits per heavy atom. The second-order valence-corrected chi connectivity index (χ2v) is 6.47. The third-order valence-electron chi connectivity index (χ3n) is 3.90. The van der Waals surface area contributed by atoms with Crippen LogP contribution in [0.5, 0.6) is 17.2 Å². The molecule has 0 fully saturated rings. The maximum atomic E-state index is 12.5. The molecule has 150 valence electrons. The van der Waals surface area contributed by atoms with Gasteiger partial charge in [-0.25, -0.2) is 0 Å². The Hall–Kier alpha value is -2.61. The van der Waals surface area contributed by atoms with E-state index in [-0.39, 0.29) is 30.2 Å². The van der Waals surface area contributed by atoms with Gasteiger partial charge in [0.2, 0.25) is 5.91 Å². The molecule has 28 heavy (non-hydrogen) atoms. The van der Waals surface area contributed by atoms with Crippen LogP contribution in [0.25, 0.3) is 0 Å². The quantitative estimate of drug-likeness (QED) is 0.792. The van der Waals surface area contributed by atoms with Crippen LogP contribution < -0.4 is 19.5 Å². The van der Waals surface area contributed by atoms with Gasteiger partial charge in [0, 0.05) is 18.5 Å². The summed E-state index contributed by atoms with van der Waals surface area (Å²) in [6, 6.07) is 8.91. The van der Waals surface area contributed by atoms with E-state index >= 15 is 0 Å². The molecule has 0 saturated carbocycles. The lowest BCUT2D eigenvalue weighted by Crippen LogP contribution is -2.25. The van der Waals surface area contributed by atoms with E-state index in [1.54, 1.807) is 18.2 Å². The summed E-state index contributed by atoms with van der Waals surface area (Å²) in [4.78, 5) is 12.2. The van der Waals surface area contributed by atoms with Gasteiger partial charge in [-0.2, -0.15) is 0 Å². The number of carbonyl (C=O) groups is 1. The third kappa shape index (κ3) is 5.45. The minimum absolute atomic E-state index is 0.0152. The van der Waals surface area contributed by atoms with Gasteiger partial charge in [-0.15, -0.1) is 13.2 Å². The molecule has 0 aliphatic carbocycles. The van der Waals surface area contributed by atoms with Crippen molar-refractivity contribution in [3.63, 3.8) is 0 Å². The molecule has 2 aromatic rings. The van der Waals surface area contributed by atoms with Gasteiger partial charge in [-0.3, -0.25) is 4.79 Å². The van der Waals surface area contributed by atoms with Gasteiger partial charge >= 0.3 is 6.36 Å². The van der Waals surface area contributed by atoms with Crippen molar-refractivity contribution >= 4 is 17.5 Å². The van der Waals surface area contributed by atoms with Crippen LogP contribution in [-0.4, -0.2) is 25.5 Å². The lowest BCUT2D eigenvalue weighted by molar-refractivity contribution is -0.274. The lowest BCUT2D eigenvalue weighted by atomic mass is 10.1. The van der Waals surface area contributed by atoms with Gasteiger partial charge in [0.15, 0.2) is 11.5 Å². The third-order valence-corrected chi connectivity index (χ3v) is 4.18. The van der Waals surface area contributed by atoms with E-state index < -0.39 is 6.36 Å². The van der Waals surface area contributed by atoms with Crippen molar-refractivity contribution in [2.75, 3.05) is 13.2 Å². The van der Waals surface area contributed by atoms with Gasteiger partial charge in [-0.05, 0) is 23.8 Å². The van der Waals surface area contributed by atoms with Crippen LogP contribution in [0.2, 0.25) is 5.02 Å². The molecule has 1 aliphatic heterocycles. The van der Waals surface area contributed by atoms with Gasteiger partial charge in [0.1, 0.15) is 5.75 Å². The molecule has 0 bridgehead atoms. The number of benzene rings is 2. The molecule has 0 atom stereocenters. The number of para-hydroxylation sites is 1. The number of ether oxygens (including phenoxy) is 3. The Balaban J connectivity index is 1.64. The highest BCUT2D eigenvalue weighted by Gasteiger charge is 2.32. The predicted octanol–water partition coefficient (Wildman–Crippen LogP) is 4.26. The largest absolute Gasteiger partial charge is 0.573 e. The molecule has 1 N–H and O–H groups in total. The number of nitrogens with one attached hydrogen (secondary N) is 1. The van der Waals surface area contributed by atoms with Crippen LogP contribution in [0.3, 0.4) is 0 Å². The monoisotopic (exact) mass is 415 g/mol. The summed E-state index contributed by atoms with van der Waals surface area (Å²) in [5.74, 6) is 0.180. The fourth-order valence-corrected chi connectivity index (χ4v) is 2.99. The zero-order valence-corrected chi connectivity index (χ0v) is 15.4. The van der Waals surface area contributed by atoms with E-state index in [0.717, 1.165) is 6.42 Å². The number of carbonyl (C=O) groups excluding carboxylic acids is 1. The fourth-order valence-electron chi connectivity index (χ4n) is 2.70. The molecule has 5 nitrogen and oxygen atoms in total. The number of fused-ring (bicyclic) bond motifs is 1. The highest BCUT2D eigenvalue weighted by molar-refractivity contribution is 6.32. The Bertz CT molecular complexity index is 858. The molecule has 9 heteroatoms. The van der Waals surface area contributed by atoms with E-state index in [1.807, 2.05) is 0 Å². The summed E-state index contributed by atoms with van der Waals surface area (Å²) < 4.78 is 52.5. The van der Waals surface area contributed by atoms with Gasteiger partial charge in [0.05, 0.1) is 24.7 Å². The van der Waals surface area contributed by atoms with Gasteiger partial charge < -0.3 is 19.5 Å². The van der Waals surface area contributed by atoms with Crippen molar-refractivity contribution in [1.82, 2.24) is 5.32 Å². The zero-order chi connectivity index (χ0) is 20.1. The minimum atomic E-state index is -4.80. The van der Waals surface area contributed by atoms with Crippen molar-refractivity contribution in [3.05, 3.63) is 52.5 Å². The van der Waals surface area contributed by atoms with E-state index in [1.165, 1.54) is 18.2 Å². The van der Waals surface area contributed by atoms with E-state index in [9.17, 15) is 18.0 Å². The first-order chi connectivity index (χ1) is 13.3. The molecule has 0 aromatic heterocycles. The molecule has 1 amide bonds. The molecule has 1 heterocycles. The van der Waals surface area contributed by atoms with E-state index in [4.69, 9.17) is 21.1 Å². The standard InChI is InChI=1S/C19H17ClF3NO4/c20-14-8-12(9-16-18(14)27-7-3-6-26-16)10-17(25)24-11-13-4-1-2-5-15(13)28-19(21,22)23/h1-2,4-5,8-9H,3,6-7,10-11H2,(H,24,25). The second-order valence-electron chi connectivity index (χ2n) is 6.06. The second kappa shape index (κ2) is 8.60. The molecular formula is C19H17ClF3NO4. The van der Waals surface area contributed by atoms with Crippen molar-refractivity contribution in [2.24, 2.45) is 0 Å². The highest BCUT2D eigenvalue weighted by atomic mass is 35.5. The molecule has 0 radical (unpaired) electrons. The number of rotatable bonds is 5. The van der Waals surface area contributed by atoms with Crippen molar-refractivity contribution in [2.45, 2.75) is 25.7 Å². The molecule has 0 unspecified atom stereocenters. The average Bonchev–Trinajstić information content (AvgIpc) is 2.85. The first-order valence-corrected chi connectivity index (χ1v) is 8.88. The highest BCUT2D eigenvalue weighted by Crippen LogP contribution is 2.38. The normalized spacial score (nSPS) is 13.6. The number of alkyl halides is 3. The SMILES string of the molecule is O=C(Cc1cc(Cl)c2c(c1)OCCCO2)NCc1ccccc1OC(F)(F)F. The molecular weight excluding hydrogens is 399 g/mol. The topological polar surface area (TPSA) is 56.8 Å². The number of hydrogen-bond acceptors (Lipinski definition) is 4. The Kier molecular flexibility index (Phi) is 6.18. The Morgan fingerprint density at radius 2 is 1.93 bits per heavy atom. The first-order valence-electron chi connectivity index (χ1n) is 8.50. The fraction of sp³-hybridized carbons (Fsp3) is 0.316. The maximum absolute atomic E-state index is 12.5. The average molecular weight is 416 g/mol. The smallest absolute Gasteiger partial charge is 0.489 e. The summed E-state index contributed by atoms with van der Waals surface area (Å²) in [5, 5.41) is 2.92. The number of halogens is 4. The van der Waals surface area contributed by atoms with Crippen molar-refractivity contribution in [3.8, 4) is 17.2 Å². The first kappa shape index (κ1) is 20.1. The van der Waals surface area contributed by atoms with Crippen LogP contribution in [-0.2, 0) is 17.8 Å². The van der Waals surface area contributed by atoms with E-state index in [2.05, 4.69) is 10.1 Å². The molecule has 1 aliphatic rings. The van der Waals surface area contributed by atoms with Crippen LogP contribution >= 0.6 is 11.6 Å². The summed E-state index contributed by atoms with van der Waals surface area (Å²) in [6.07, 6.45) is -4.10. The maximum Gasteiger partial charge on any atom is 0.573 e.